The van der Waals surface area contributed by atoms with Crippen molar-refractivity contribution in [3.05, 3.63) is 83.9 Å². The van der Waals surface area contributed by atoms with Crippen LogP contribution in [0.15, 0.2) is 72.8 Å². The van der Waals surface area contributed by atoms with E-state index in [-0.39, 0.29) is 11.1 Å². The van der Waals surface area contributed by atoms with Gasteiger partial charge in [-0.15, -0.1) is 0 Å². The molecule has 0 aliphatic carbocycles. The van der Waals surface area contributed by atoms with E-state index < -0.39 is 30.4 Å². The first-order valence-electron chi connectivity index (χ1n) is 9.90. The highest BCUT2D eigenvalue weighted by molar-refractivity contribution is 5.97. The van der Waals surface area contributed by atoms with Gasteiger partial charge < -0.3 is 19.5 Å². The summed E-state index contributed by atoms with van der Waals surface area (Å²) in [6.45, 7) is 0.846. The molecule has 1 amide bonds. The molecule has 0 aliphatic heterocycles. The zero-order valence-electron chi connectivity index (χ0n) is 18.0. The molecule has 0 aromatic heterocycles. The van der Waals surface area contributed by atoms with Crippen LogP contribution in [0.5, 0.6) is 5.75 Å². The summed E-state index contributed by atoms with van der Waals surface area (Å²) in [7, 11) is 1.26. The fourth-order valence-electron chi connectivity index (χ4n) is 2.93. The first-order valence-corrected chi connectivity index (χ1v) is 9.90. The third-order valence-electron chi connectivity index (χ3n) is 4.47. The molecule has 0 fully saturated rings. The molecule has 0 radical (unpaired) electrons. The van der Waals surface area contributed by atoms with Gasteiger partial charge in [-0.2, -0.15) is 0 Å². The third-order valence-corrected chi connectivity index (χ3v) is 4.47. The molecule has 8 heteroatoms. The van der Waals surface area contributed by atoms with Crippen molar-refractivity contribution in [3.8, 4) is 16.9 Å². The molecule has 168 valence electrons. The predicted molar refractivity (Wildman–Crippen MR) is 120 cm³/mol. The Morgan fingerprint density at radius 1 is 0.788 bits per heavy atom. The van der Waals surface area contributed by atoms with Crippen LogP contribution in [-0.4, -0.2) is 37.5 Å². The number of amides is 1. The lowest BCUT2D eigenvalue weighted by molar-refractivity contribution is -0.131. The molecule has 0 saturated heterocycles. The summed E-state index contributed by atoms with van der Waals surface area (Å²) in [4.78, 5) is 46.9. The van der Waals surface area contributed by atoms with Crippen molar-refractivity contribution in [1.82, 2.24) is 0 Å². The Labute approximate surface area is 190 Å². The average molecular weight is 447 g/mol. The Balaban J connectivity index is 1.55. The van der Waals surface area contributed by atoms with Gasteiger partial charge in [0.2, 0.25) is 0 Å². The van der Waals surface area contributed by atoms with E-state index in [1.807, 2.05) is 0 Å². The molecule has 0 atom stereocenters. The first kappa shape index (κ1) is 23.2. The maximum atomic E-state index is 12.3. The van der Waals surface area contributed by atoms with E-state index >= 15 is 0 Å². The minimum atomic E-state index is -0.648. The Hall–Kier alpha value is -4.46. The van der Waals surface area contributed by atoms with E-state index in [1.165, 1.54) is 20.1 Å². The second kappa shape index (κ2) is 10.7. The van der Waals surface area contributed by atoms with E-state index in [9.17, 15) is 19.2 Å². The van der Waals surface area contributed by atoms with Crippen molar-refractivity contribution in [2.75, 3.05) is 19.0 Å². The Bertz CT molecular complexity index is 1170. The quantitative estimate of drug-likeness (QED) is 0.433. The van der Waals surface area contributed by atoms with Gasteiger partial charge >= 0.3 is 17.9 Å². The lowest BCUT2D eigenvalue weighted by Crippen LogP contribution is -2.21. The zero-order chi connectivity index (χ0) is 23.8. The van der Waals surface area contributed by atoms with Gasteiger partial charge in [0.05, 0.1) is 18.2 Å². The first-order chi connectivity index (χ1) is 15.9. The number of rotatable bonds is 7. The summed E-state index contributed by atoms with van der Waals surface area (Å²) >= 11 is 0. The van der Waals surface area contributed by atoms with Crippen molar-refractivity contribution >= 4 is 29.5 Å². The van der Waals surface area contributed by atoms with E-state index in [0.717, 1.165) is 11.1 Å². The molecular formula is C25H21NO7. The van der Waals surface area contributed by atoms with Crippen LogP contribution in [0.3, 0.4) is 0 Å². The number of carbonyl (C=O) groups excluding carboxylic acids is 4. The maximum absolute atomic E-state index is 12.3. The molecule has 3 aromatic rings. The number of esters is 3. The van der Waals surface area contributed by atoms with Crippen molar-refractivity contribution in [3.63, 3.8) is 0 Å². The molecule has 0 heterocycles. The molecule has 0 unspecified atom stereocenters. The molecule has 3 aromatic carbocycles. The number of carbonyl (C=O) groups is 4. The fraction of sp³-hybridized carbons (Fsp3) is 0.120. The average Bonchev–Trinajstić information content (AvgIpc) is 2.82. The van der Waals surface area contributed by atoms with Crippen LogP contribution in [0.4, 0.5) is 5.69 Å². The number of nitrogens with one attached hydrogen (secondary N) is 1. The highest BCUT2D eigenvalue weighted by Gasteiger charge is 2.12. The van der Waals surface area contributed by atoms with E-state index in [0.29, 0.717) is 11.4 Å². The maximum Gasteiger partial charge on any atom is 0.338 e. The molecule has 3 rings (SSSR count). The molecule has 8 nitrogen and oxygen atoms in total. The highest BCUT2D eigenvalue weighted by Crippen LogP contribution is 2.23. The van der Waals surface area contributed by atoms with Crippen LogP contribution in [0.25, 0.3) is 11.1 Å². The third kappa shape index (κ3) is 6.51. The molecule has 0 aliphatic rings. The van der Waals surface area contributed by atoms with Gasteiger partial charge in [-0.05, 0) is 53.6 Å². The van der Waals surface area contributed by atoms with Crippen LogP contribution in [0.2, 0.25) is 0 Å². The Morgan fingerprint density at radius 3 is 2.03 bits per heavy atom. The Kier molecular flexibility index (Phi) is 7.54. The van der Waals surface area contributed by atoms with Gasteiger partial charge in [0.15, 0.2) is 6.61 Å². The molecule has 0 spiro atoms. The van der Waals surface area contributed by atoms with E-state index in [1.54, 1.807) is 66.7 Å². The van der Waals surface area contributed by atoms with Gasteiger partial charge in [-0.3, -0.25) is 9.59 Å². The molecule has 1 N–H and O–H groups in total. The standard InChI is InChI=1S/C25H21NO7/c1-16(27)33-22-12-10-18(11-13-22)17-6-8-19(9-7-17)25(30)32-15-23(28)26-21-5-3-4-20(14-21)24(29)31-2/h3-14H,15H2,1-2H3,(H,26,28). The lowest BCUT2D eigenvalue weighted by atomic mass is 10.0. The van der Waals surface area contributed by atoms with E-state index in [4.69, 9.17) is 9.47 Å². The van der Waals surface area contributed by atoms with Crippen molar-refractivity contribution < 1.29 is 33.4 Å². The SMILES string of the molecule is COC(=O)c1cccc(NC(=O)COC(=O)c2ccc(-c3ccc(OC(C)=O)cc3)cc2)c1. The number of ether oxygens (including phenoxy) is 3. The highest BCUT2D eigenvalue weighted by atomic mass is 16.5. The van der Waals surface area contributed by atoms with Crippen molar-refractivity contribution in [2.24, 2.45) is 0 Å². The summed E-state index contributed by atoms with van der Waals surface area (Å²) in [5, 5.41) is 2.56. The second-order valence-corrected chi connectivity index (χ2v) is 6.89. The predicted octanol–water partition coefficient (Wildman–Crippen LogP) is 3.86. The minimum absolute atomic E-state index is 0.286. The number of hydrogen-bond donors (Lipinski definition) is 1. The summed E-state index contributed by atoms with van der Waals surface area (Å²) in [6.07, 6.45) is 0. The molecule has 0 bridgehead atoms. The van der Waals surface area contributed by atoms with Gasteiger partial charge in [0.25, 0.3) is 5.91 Å². The normalized spacial score (nSPS) is 10.1. The summed E-state index contributed by atoms with van der Waals surface area (Å²) < 4.78 is 14.7. The van der Waals surface area contributed by atoms with Gasteiger partial charge in [0.1, 0.15) is 5.75 Å². The number of hydrogen-bond acceptors (Lipinski definition) is 7. The van der Waals surface area contributed by atoms with Crippen LogP contribution in [0, 0.1) is 0 Å². The smallest absolute Gasteiger partial charge is 0.338 e. The molecule has 0 saturated carbocycles. The largest absolute Gasteiger partial charge is 0.465 e. The van der Waals surface area contributed by atoms with Gasteiger partial charge in [-0.25, -0.2) is 9.59 Å². The zero-order valence-corrected chi connectivity index (χ0v) is 18.0. The number of methoxy groups -OCH3 is 1. The van der Waals surface area contributed by atoms with Crippen LogP contribution in [0.1, 0.15) is 27.6 Å². The van der Waals surface area contributed by atoms with Crippen molar-refractivity contribution in [1.29, 1.82) is 0 Å². The molecular weight excluding hydrogens is 426 g/mol. The monoisotopic (exact) mass is 447 g/mol. The summed E-state index contributed by atoms with van der Waals surface area (Å²) in [6, 6.07) is 19.8. The minimum Gasteiger partial charge on any atom is -0.465 e. The van der Waals surface area contributed by atoms with Gasteiger partial charge in [-0.1, -0.05) is 30.3 Å². The second-order valence-electron chi connectivity index (χ2n) is 6.89. The van der Waals surface area contributed by atoms with E-state index in [2.05, 4.69) is 10.1 Å². The van der Waals surface area contributed by atoms with Crippen LogP contribution >= 0.6 is 0 Å². The summed E-state index contributed by atoms with van der Waals surface area (Å²) in [5.74, 6) is -1.67. The fourth-order valence-corrected chi connectivity index (χ4v) is 2.93. The summed E-state index contributed by atoms with van der Waals surface area (Å²) in [5.41, 5.74) is 2.68. The topological polar surface area (TPSA) is 108 Å². The number of anilines is 1. The van der Waals surface area contributed by atoms with Gasteiger partial charge in [0, 0.05) is 12.6 Å². The van der Waals surface area contributed by atoms with Crippen LogP contribution in [-0.2, 0) is 19.1 Å². The lowest BCUT2D eigenvalue weighted by Gasteiger charge is -2.08. The van der Waals surface area contributed by atoms with Crippen LogP contribution < -0.4 is 10.1 Å². The number of benzene rings is 3. The molecule has 33 heavy (non-hydrogen) atoms. The Morgan fingerprint density at radius 2 is 1.42 bits per heavy atom. The van der Waals surface area contributed by atoms with Crippen molar-refractivity contribution in [2.45, 2.75) is 6.92 Å².